The first-order valence-electron chi connectivity index (χ1n) is 6.47. The lowest BCUT2D eigenvalue weighted by Crippen LogP contribution is -2.28. The van der Waals surface area contributed by atoms with Crippen LogP contribution in [0.15, 0.2) is 18.2 Å². The highest BCUT2D eigenvalue weighted by Crippen LogP contribution is 2.17. The molecule has 0 fully saturated rings. The molecule has 0 radical (unpaired) electrons. The molecule has 1 aromatic carbocycles. The molecular formula is C13H17FN6O. The van der Waals surface area contributed by atoms with E-state index in [9.17, 15) is 9.18 Å². The number of hydrogen-bond acceptors (Lipinski definition) is 5. The van der Waals surface area contributed by atoms with Gasteiger partial charge in [0.15, 0.2) is 5.82 Å². The van der Waals surface area contributed by atoms with Crippen molar-refractivity contribution in [1.82, 2.24) is 25.9 Å². The molecule has 1 amide bonds. The van der Waals surface area contributed by atoms with Crippen molar-refractivity contribution in [2.75, 3.05) is 25.5 Å². The Hall–Kier alpha value is -2.51. The van der Waals surface area contributed by atoms with E-state index in [1.807, 2.05) is 6.92 Å². The summed E-state index contributed by atoms with van der Waals surface area (Å²) in [5, 5.41) is 16.1. The Morgan fingerprint density at radius 1 is 1.48 bits per heavy atom. The van der Waals surface area contributed by atoms with E-state index < -0.39 is 11.7 Å². The highest BCUT2D eigenvalue weighted by Gasteiger charge is 2.16. The van der Waals surface area contributed by atoms with Gasteiger partial charge < -0.3 is 10.2 Å². The molecule has 0 saturated heterocycles. The summed E-state index contributed by atoms with van der Waals surface area (Å²) in [6.45, 7) is 2.14. The fraction of sp³-hybridized carbons (Fsp3) is 0.385. The van der Waals surface area contributed by atoms with Gasteiger partial charge in [0, 0.05) is 32.2 Å². The number of nitrogens with one attached hydrogen (secondary N) is 2. The van der Waals surface area contributed by atoms with Gasteiger partial charge in [-0.15, -0.1) is 10.2 Å². The number of aromatic amines is 1. The maximum atomic E-state index is 13.9. The summed E-state index contributed by atoms with van der Waals surface area (Å²) in [6, 6.07) is 4.50. The van der Waals surface area contributed by atoms with E-state index >= 15 is 0 Å². The first kappa shape index (κ1) is 14.9. The predicted molar refractivity (Wildman–Crippen MR) is 75.7 cm³/mol. The second kappa shape index (κ2) is 6.29. The van der Waals surface area contributed by atoms with Crippen LogP contribution in [-0.4, -0.2) is 47.2 Å². The Kier molecular flexibility index (Phi) is 4.46. The van der Waals surface area contributed by atoms with Crippen molar-refractivity contribution in [3.05, 3.63) is 35.4 Å². The van der Waals surface area contributed by atoms with Crippen molar-refractivity contribution in [3.8, 4) is 0 Å². The fourth-order valence-corrected chi connectivity index (χ4v) is 1.78. The van der Waals surface area contributed by atoms with Crippen molar-refractivity contribution in [1.29, 1.82) is 0 Å². The van der Waals surface area contributed by atoms with E-state index in [1.165, 1.54) is 12.1 Å². The highest BCUT2D eigenvalue weighted by molar-refractivity contribution is 5.94. The van der Waals surface area contributed by atoms with Crippen molar-refractivity contribution in [2.45, 2.75) is 12.8 Å². The molecule has 2 rings (SSSR count). The van der Waals surface area contributed by atoms with Crippen LogP contribution in [0, 0.1) is 5.82 Å². The lowest BCUT2D eigenvalue weighted by molar-refractivity contribution is 0.0947. The summed E-state index contributed by atoms with van der Waals surface area (Å²) in [6.07, 6.45) is 0. The molecule has 112 valence electrons. The van der Waals surface area contributed by atoms with E-state index in [1.54, 1.807) is 25.1 Å². The number of anilines is 1. The van der Waals surface area contributed by atoms with Crippen molar-refractivity contribution < 1.29 is 9.18 Å². The van der Waals surface area contributed by atoms with E-state index in [-0.39, 0.29) is 11.5 Å². The Morgan fingerprint density at radius 3 is 2.81 bits per heavy atom. The van der Waals surface area contributed by atoms with Crippen LogP contribution < -0.4 is 10.2 Å². The number of carbonyl (C=O) groups is 1. The van der Waals surface area contributed by atoms with Crippen LogP contribution in [0.3, 0.4) is 0 Å². The summed E-state index contributed by atoms with van der Waals surface area (Å²) >= 11 is 0. The van der Waals surface area contributed by atoms with Gasteiger partial charge in [0.2, 0.25) is 0 Å². The largest absolute Gasteiger partial charge is 0.378 e. The molecule has 0 saturated carbocycles. The van der Waals surface area contributed by atoms with Crippen LogP contribution in [0.2, 0.25) is 0 Å². The zero-order valence-corrected chi connectivity index (χ0v) is 12.1. The molecule has 8 heteroatoms. The minimum atomic E-state index is -0.550. The van der Waals surface area contributed by atoms with Crippen LogP contribution in [-0.2, 0) is 0 Å². The van der Waals surface area contributed by atoms with Crippen molar-refractivity contribution in [2.24, 2.45) is 0 Å². The number of carbonyl (C=O) groups excluding carboxylic acids is 1. The Morgan fingerprint density at radius 2 is 2.24 bits per heavy atom. The van der Waals surface area contributed by atoms with Crippen LogP contribution in [0.4, 0.5) is 10.1 Å². The SMILES string of the molecule is C[C@@H](CNC(=O)c1ccc(N(C)C)cc1F)c1nn[nH]n1. The van der Waals surface area contributed by atoms with E-state index in [2.05, 4.69) is 25.9 Å². The summed E-state index contributed by atoms with van der Waals surface area (Å²) in [5.41, 5.74) is 0.713. The topological polar surface area (TPSA) is 86.8 Å². The Labute approximate surface area is 121 Å². The van der Waals surface area contributed by atoms with Gasteiger partial charge in [-0.3, -0.25) is 4.79 Å². The van der Waals surface area contributed by atoms with E-state index in [4.69, 9.17) is 0 Å². The Balaban J connectivity index is 2.00. The van der Waals surface area contributed by atoms with Gasteiger partial charge in [-0.1, -0.05) is 12.1 Å². The maximum absolute atomic E-state index is 13.9. The molecule has 0 aliphatic carbocycles. The molecule has 2 N–H and O–H groups in total. The van der Waals surface area contributed by atoms with Gasteiger partial charge >= 0.3 is 0 Å². The predicted octanol–water partition coefficient (Wildman–Crippen LogP) is 0.938. The normalized spacial score (nSPS) is 12.0. The second-order valence-electron chi connectivity index (χ2n) is 4.94. The molecule has 0 spiro atoms. The number of tetrazole rings is 1. The number of amides is 1. The van der Waals surface area contributed by atoms with Gasteiger partial charge in [-0.05, 0) is 18.2 Å². The fourth-order valence-electron chi connectivity index (χ4n) is 1.78. The average molecular weight is 292 g/mol. The molecule has 1 atom stereocenters. The lowest BCUT2D eigenvalue weighted by Gasteiger charge is -2.14. The number of benzene rings is 1. The molecule has 0 aliphatic heterocycles. The highest BCUT2D eigenvalue weighted by atomic mass is 19.1. The first-order chi connectivity index (χ1) is 9.99. The summed E-state index contributed by atoms with van der Waals surface area (Å²) < 4.78 is 13.9. The number of hydrogen-bond donors (Lipinski definition) is 2. The molecule has 0 aliphatic rings. The molecule has 0 unspecified atom stereocenters. The Bertz CT molecular complexity index is 613. The monoisotopic (exact) mass is 292 g/mol. The minimum absolute atomic E-state index is 0.0147. The molecule has 21 heavy (non-hydrogen) atoms. The van der Waals surface area contributed by atoms with E-state index in [0.717, 1.165) is 0 Å². The first-order valence-corrected chi connectivity index (χ1v) is 6.47. The number of aromatic nitrogens is 4. The summed E-state index contributed by atoms with van der Waals surface area (Å²) in [7, 11) is 3.61. The lowest BCUT2D eigenvalue weighted by atomic mass is 10.1. The number of rotatable bonds is 5. The molecule has 7 nitrogen and oxygen atoms in total. The van der Waals surface area contributed by atoms with Gasteiger partial charge in [0.05, 0.1) is 5.56 Å². The van der Waals surface area contributed by atoms with Gasteiger partial charge in [0.1, 0.15) is 5.82 Å². The van der Waals surface area contributed by atoms with Crippen LogP contribution >= 0.6 is 0 Å². The quantitative estimate of drug-likeness (QED) is 0.856. The number of H-pyrrole nitrogens is 1. The summed E-state index contributed by atoms with van der Waals surface area (Å²) in [5.74, 6) is -0.630. The third-order valence-corrected chi connectivity index (χ3v) is 3.08. The average Bonchev–Trinajstić information content (AvgIpc) is 2.98. The molecule has 1 aromatic heterocycles. The van der Waals surface area contributed by atoms with Gasteiger partial charge in [0.25, 0.3) is 5.91 Å². The minimum Gasteiger partial charge on any atom is -0.378 e. The van der Waals surface area contributed by atoms with Gasteiger partial charge in [-0.2, -0.15) is 5.21 Å². The second-order valence-corrected chi connectivity index (χ2v) is 4.94. The van der Waals surface area contributed by atoms with Crippen molar-refractivity contribution >= 4 is 11.6 Å². The summed E-state index contributed by atoms with van der Waals surface area (Å²) in [4.78, 5) is 13.8. The maximum Gasteiger partial charge on any atom is 0.254 e. The number of halogens is 1. The third-order valence-electron chi connectivity index (χ3n) is 3.08. The molecular weight excluding hydrogens is 275 g/mol. The van der Waals surface area contributed by atoms with Crippen molar-refractivity contribution in [3.63, 3.8) is 0 Å². The van der Waals surface area contributed by atoms with Crippen LogP contribution in [0.1, 0.15) is 29.0 Å². The van der Waals surface area contributed by atoms with Crippen LogP contribution in [0.25, 0.3) is 0 Å². The van der Waals surface area contributed by atoms with Crippen LogP contribution in [0.5, 0.6) is 0 Å². The van der Waals surface area contributed by atoms with Gasteiger partial charge in [-0.25, -0.2) is 4.39 Å². The molecule has 0 bridgehead atoms. The third kappa shape index (κ3) is 3.53. The standard InChI is InChI=1S/C13H17FN6O/c1-8(12-16-18-19-17-12)7-15-13(21)10-5-4-9(20(2)3)6-11(10)14/h4-6,8H,7H2,1-3H3,(H,15,21)(H,16,17,18,19)/t8-/m0/s1. The smallest absolute Gasteiger partial charge is 0.254 e. The molecule has 1 heterocycles. The van der Waals surface area contributed by atoms with E-state index in [0.29, 0.717) is 18.1 Å². The molecule has 2 aromatic rings. The zero-order chi connectivity index (χ0) is 15.4. The zero-order valence-electron chi connectivity index (χ0n) is 12.1. The number of nitrogens with zero attached hydrogens (tertiary/aromatic N) is 4.